The summed E-state index contributed by atoms with van der Waals surface area (Å²) in [4.78, 5) is 24.9. The number of hydrogen-bond donors (Lipinski definition) is 2. The lowest BCUT2D eigenvalue weighted by atomic mass is 10.4. The minimum Gasteiger partial charge on any atom is -0.370 e. The molecule has 2 rings (SSSR count). The van der Waals surface area contributed by atoms with Crippen LogP contribution < -0.4 is 11.2 Å². The lowest BCUT2D eigenvalue weighted by molar-refractivity contribution is -1.12. The van der Waals surface area contributed by atoms with Gasteiger partial charge in [0.25, 0.3) is 5.56 Å². The van der Waals surface area contributed by atoms with Gasteiger partial charge in [-0.15, -0.1) is 0 Å². The maximum absolute atomic E-state index is 13.0. The van der Waals surface area contributed by atoms with Crippen molar-refractivity contribution in [2.45, 2.75) is 6.67 Å². The predicted octanol–water partition coefficient (Wildman–Crippen LogP) is -1.13. The highest BCUT2D eigenvalue weighted by Crippen LogP contribution is 2.07. The predicted molar refractivity (Wildman–Crippen MR) is 53.9 cm³/mol. The molecule has 1 aromatic heterocycles. The number of quaternary nitrogens is 1. The van der Waals surface area contributed by atoms with E-state index >= 15 is 0 Å². The smallest absolute Gasteiger partial charge is 0.333 e. The van der Waals surface area contributed by atoms with Gasteiger partial charge in [-0.2, -0.15) is 9.04 Å². The van der Waals surface area contributed by atoms with E-state index in [4.69, 9.17) is 4.74 Å². The Morgan fingerprint density at radius 2 is 2.12 bits per heavy atom. The van der Waals surface area contributed by atoms with Gasteiger partial charge in [0.1, 0.15) is 13.1 Å². The second-order valence-electron chi connectivity index (χ2n) is 3.97. The Hall–Kier alpha value is -1.51. The Morgan fingerprint density at radius 1 is 1.47 bits per heavy atom. The fourth-order valence-electron chi connectivity index (χ4n) is 1.70. The third kappa shape index (κ3) is 2.43. The number of nitrogens with one attached hydrogen (secondary N) is 1. The molecule has 1 aliphatic heterocycles. The maximum Gasteiger partial charge on any atom is 0.333 e. The standard InChI is InChI=1S/C9H12FN3O4/c10-7-5-11-9(15)12(8(7)14)6-13(16)1-3-17-4-2-13/h5,16H,1-4,6H2/p+1. The molecule has 1 aromatic rings. The molecule has 8 heteroatoms. The molecule has 1 fully saturated rings. The van der Waals surface area contributed by atoms with E-state index in [2.05, 4.69) is 4.98 Å². The molecule has 17 heavy (non-hydrogen) atoms. The molecular weight excluding hydrogens is 233 g/mol. The van der Waals surface area contributed by atoms with Crippen LogP contribution in [-0.2, 0) is 11.4 Å². The van der Waals surface area contributed by atoms with E-state index in [0.29, 0.717) is 24.0 Å². The average Bonchev–Trinajstić information content (AvgIpc) is 2.31. The molecule has 0 radical (unpaired) electrons. The highest BCUT2D eigenvalue weighted by molar-refractivity contribution is 4.86. The van der Waals surface area contributed by atoms with E-state index in [1.807, 2.05) is 0 Å². The van der Waals surface area contributed by atoms with Crippen molar-refractivity contribution in [3.63, 3.8) is 0 Å². The Labute approximate surface area is 95.2 Å². The minimum absolute atomic E-state index is 0.252. The summed E-state index contributed by atoms with van der Waals surface area (Å²) >= 11 is 0. The van der Waals surface area contributed by atoms with Crippen molar-refractivity contribution in [2.75, 3.05) is 26.3 Å². The molecule has 0 saturated carbocycles. The van der Waals surface area contributed by atoms with Gasteiger partial charge in [-0.05, 0) is 0 Å². The van der Waals surface area contributed by atoms with Gasteiger partial charge in [-0.1, -0.05) is 0 Å². The Balaban J connectivity index is 2.32. The number of aromatic amines is 1. The highest BCUT2D eigenvalue weighted by atomic mass is 19.1. The molecule has 0 unspecified atom stereocenters. The number of nitrogens with zero attached hydrogens (tertiary/aromatic N) is 2. The van der Waals surface area contributed by atoms with Crippen LogP contribution in [0.4, 0.5) is 4.39 Å². The van der Waals surface area contributed by atoms with Crippen LogP contribution in [0.2, 0.25) is 0 Å². The zero-order chi connectivity index (χ0) is 12.5. The van der Waals surface area contributed by atoms with Gasteiger partial charge < -0.3 is 9.72 Å². The lowest BCUT2D eigenvalue weighted by Gasteiger charge is -2.32. The Kier molecular flexibility index (Phi) is 3.09. The molecule has 0 bridgehead atoms. The molecule has 0 atom stereocenters. The number of H-pyrrole nitrogens is 1. The highest BCUT2D eigenvalue weighted by Gasteiger charge is 2.30. The van der Waals surface area contributed by atoms with Gasteiger partial charge >= 0.3 is 5.69 Å². The number of morpholine rings is 1. The molecule has 0 spiro atoms. The first-order valence-corrected chi connectivity index (χ1v) is 5.16. The van der Waals surface area contributed by atoms with Gasteiger partial charge in [0.05, 0.1) is 13.2 Å². The van der Waals surface area contributed by atoms with Crippen molar-refractivity contribution in [1.29, 1.82) is 0 Å². The van der Waals surface area contributed by atoms with Gasteiger partial charge in [-0.25, -0.2) is 14.6 Å². The van der Waals surface area contributed by atoms with Crippen molar-refractivity contribution in [1.82, 2.24) is 9.55 Å². The first-order valence-electron chi connectivity index (χ1n) is 5.16. The molecule has 1 aliphatic rings. The fraction of sp³-hybridized carbons (Fsp3) is 0.556. The summed E-state index contributed by atoms with van der Waals surface area (Å²) in [5, 5.41) is 10.1. The van der Waals surface area contributed by atoms with E-state index in [9.17, 15) is 19.2 Å². The van der Waals surface area contributed by atoms with Crippen LogP contribution in [0.3, 0.4) is 0 Å². The third-order valence-corrected chi connectivity index (χ3v) is 2.73. The molecular formula is C9H13FN3O4+. The Morgan fingerprint density at radius 3 is 2.76 bits per heavy atom. The molecule has 0 amide bonds. The van der Waals surface area contributed by atoms with Crippen LogP contribution >= 0.6 is 0 Å². The normalized spacial score (nSPS) is 19.2. The largest absolute Gasteiger partial charge is 0.370 e. The third-order valence-electron chi connectivity index (χ3n) is 2.73. The van der Waals surface area contributed by atoms with Crippen LogP contribution in [0.5, 0.6) is 0 Å². The second-order valence-corrected chi connectivity index (χ2v) is 3.97. The van der Waals surface area contributed by atoms with E-state index < -0.39 is 21.7 Å². The van der Waals surface area contributed by atoms with E-state index in [1.54, 1.807) is 0 Å². The number of ether oxygens (including phenoxy) is 1. The number of halogens is 1. The van der Waals surface area contributed by atoms with Crippen LogP contribution in [0.25, 0.3) is 0 Å². The average molecular weight is 246 g/mol. The zero-order valence-electron chi connectivity index (χ0n) is 9.06. The Bertz CT molecular complexity index is 518. The zero-order valence-corrected chi connectivity index (χ0v) is 9.06. The van der Waals surface area contributed by atoms with Crippen molar-refractivity contribution in [2.24, 2.45) is 0 Å². The molecule has 1 saturated heterocycles. The first kappa shape index (κ1) is 12.0. The summed E-state index contributed by atoms with van der Waals surface area (Å²) in [6, 6.07) is 0. The molecule has 94 valence electrons. The van der Waals surface area contributed by atoms with Crippen LogP contribution in [-0.4, -0.2) is 45.7 Å². The lowest BCUT2D eigenvalue weighted by Crippen LogP contribution is -2.56. The fourth-order valence-corrected chi connectivity index (χ4v) is 1.70. The number of hydroxylamine groups is 3. The van der Waals surface area contributed by atoms with Crippen molar-refractivity contribution >= 4 is 0 Å². The van der Waals surface area contributed by atoms with Crippen molar-refractivity contribution in [3.8, 4) is 0 Å². The molecule has 2 N–H and O–H groups in total. The summed E-state index contributed by atoms with van der Waals surface area (Å²) in [5.41, 5.74) is -1.78. The summed E-state index contributed by atoms with van der Waals surface area (Å²) in [7, 11) is 0. The van der Waals surface area contributed by atoms with Gasteiger partial charge in [0, 0.05) is 6.20 Å². The van der Waals surface area contributed by atoms with Gasteiger partial charge in [0.2, 0.25) is 5.82 Å². The summed E-state index contributed by atoms with van der Waals surface area (Å²) in [5.74, 6) is -1.05. The number of aromatic nitrogens is 2. The summed E-state index contributed by atoms with van der Waals surface area (Å²) in [6.45, 7) is 0.886. The van der Waals surface area contributed by atoms with Crippen LogP contribution in [0.15, 0.2) is 15.8 Å². The maximum atomic E-state index is 13.0. The molecule has 0 aliphatic carbocycles. The molecule has 2 heterocycles. The molecule has 0 aromatic carbocycles. The SMILES string of the molecule is O=c1[nH]cc(F)c(=O)n1C[N+]1(O)CCOCC1. The van der Waals surface area contributed by atoms with Gasteiger partial charge in [-0.3, -0.25) is 4.79 Å². The van der Waals surface area contributed by atoms with Crippen LogP contribution in [0.1, 0.15) is 0 Å². The monoisotopic (exact) mass is 246 g/mol. The van der Waals surface area contributed by atoms with Crippen molar-refractivity contribution in [3.05, 3.63) is 32.9 Å². The topological polar surface area (TPSA) is 84.3 Å². The summed E-state index contributed by atoms with van der Waals surface area (Å²) in [6.07, 6.45) is 0.711. The van der Waals surface area contributed by atoms with Crippen LogP contribution in [0, 0.1) is 5.82 Å². The first-order chi connectivity index (χ1) is 8.02. The minimum atomic E-state index is -1.05. The second kappa shape index (κ2) is 4.40. The van der Waals surface area contributed by atoms with Crippen molar-refractivity contribution < 1.29 is 19.0 Å². The van der Waals surface area contributed by atoms with E-state index in [-0.39, 0.29) is 19.8 Å². The number of rotatable bonds is 2. The number of hydrogen-bond acceptors (Lipinski definition) is 4. The quantitative estimate of drug-likeness (QED) is 0.647. The summed E-state index contributed by atoms with van der Waals surface area (Å²) < 4.78 is 18.2. The van der Waals surface area contributed by atoms with Gasteiger partial charge in [0.15, 0.2) is 6.67 Å². The van der Waals surface area contributed by atoms with E-state index in [0.717, 1.165) is 0 Å². The molecule has 7 nitrogen and oxygen atoms in total. The van der Waals surface area contributed by atoms with E-state index in [1.165, 1.54) is 0 Å².